The summed E-state index contributed by atoms with van der Waals surface area (Å²) in [6, 6.07) is 0.221. The van der Waals surface area contributed by atoms with Crippen molar-refractivity contribution >= 4 is 11.8 Å². The van der Waals surface area contributed by atoms with E-state index < -0.39 is 0 Å². The second-order valence-electron chi connectivity index (χ2n) is 5.72. The van der Waals surface area contributed by atoms with Crippen LogP contribution in [0.3, 0.4) is 0 Å². The summed E-state index contributed by atoms with van der Waals surface area (Å²) < 4.78 is 0. The van der Waals surface area contributed by atoms with Gasteiger partial charge in [0.15, 0.2) is 0 Å². The molecule has 0 unspecified atom stereocenters. The van der Waals surface area contributed by atoms with Crippen molar-refractivity contribution in [2.24, 2.45) is 5.73 Å². The van der Waals surface area contributed by atoms with Gasteiger partial charge in [0.25, 0.3) is 0 Å². The highest BCUT2D eigenvalue weighted by atomic mass is 16.2. The van der Waals surface area contributed by atoms with Gasteiger partial charge in [-0.2, -0.15) is 0 Å². The van der Waals surface area contributed by atoms with Crippen LogP contribution in [-0.2, 0) is 9.59 Å². The predicted molar refractivity (Wildman–Crippen MR) is 79.2 cm³/mol. The average molecular weight is 284 g/mol. The molecule has 6 heteroatoms. The van der Waals surface area contributed by atoms with Crippen molar-refractivity contribution in [1.82, 2.24) is 15.1 Å². The molecule has 0 radical (unpaired) electrons. The number of likely N-dealkylation sites (tertiary alicyclic amines) is 1. The monoisotopic (exact) mass is 284 g/mol. The van der Waals surface area contributed by atoms with Crippen molar-refractivity contribution in [3.63, 3.8) is 0 Å². The van der Waals surface area contributed by atoms with Crippen LogP contribution in [0.4, 0.5) is 0 Å². The number of hydrogen-bond donors (Lipinski definition) is 2. The van der Waals surface area contributed by atoms with E-state index in [-0.39, 0.29) is 24.3 Å². The number of piperidine rings is 1. The van der Waals surface area contributed by atoms with Crippen LogP contribution in [0, 0.1) is 0 Å². The first-order valence-corrected chi connectivity index (χ1v) is 7.44. The summed E-state index contributed by atoms with van der Waals surface area (Å²) in [6.45, 7) is 3.08. The van der Waals surface area contributed by atoms with Crippen LogP contribution in [-0.4, -0.2) is 67.9 Å². The molecule has 0 aromatic heterocycles. The molecule has 0 aromatic carbocycles. The van der Waals surface area contributed by atoms with E-state index in [1.54, 1.807) is 0 Å². The van der Waals surface area contributed by atoms with Gasteiger partial charge >= 0.3 is 0 Å². The van der Waals surface area contributed by atoms with E-state index in [1.807, 2.05) is 19.0 Å². The summed E-state index contributed by atoms with van der Waals surface area (Å²) in [5, 5.41) is 2.85. The molecule has 1 rings (SSSR count). The molecule has 1 aliphatic heterocycles. The topological polar surface area (TPSA) is 78.7 Å². The third kappa shape index (κ3) is 6.86. The highest BCUT2D eigenvalue weighted by molar-refractivity contribution is 5.83. The first-order valence-electron chi connectivity index (χ1n) is 7.44. The quantitative estimate of drug-likeness (QED) is 0.634. The Hall–Kier alpha value is -1.14. The van der Waals surface area contributed by atoms with Crippen LogP contribution in [0.5, 0.6) is 0 Å². The summed E-state index contributed by atoms with van der Waals surface area (Å²) in [6.07, 6.45) is 3.24. The molecule has 1 fully saturated rings. The Balaban J connectivity index is 2.09. The lowest BCUT2D eigenvalue weighted by molar-refractivity contribution is -0.134. The minimum atomic E-state index is -0.0363. The number of carbonyl (C=O) groups excluding carboxylic acids is 2. The van der Waals surface area contributed by atoms with E-state index in [0.29, 0.717) is 13.0 Å². The first-order chi connectivity index (χ1) is 9.49. The lowest BCUT2D eigenvalue weighted by Crippen LogP contribution is -2.43. The molecule has 116 valence electrons. The predicted octanol–water partition coefficient (Wildman–Crippen LogP) is -0.216. The third-order valence-electron chi connectivity index (χ3n) is 3.56. The molecule has 0 spiro atoms. The lowest BCUT2D eigenvalue weighted by atomic mass is 10.1. The Morgan fingerprint density at radius 2 is 1.90 bits per heavy atom. The highest BCUT2D eigenvalue weighted by Gasteiger charge is 2.20. The van der Waals surface area contributed by atoms with Gasteiger partial charge < -0.3 is 20.9 Å². The molecule has 0 atom stereocenters. The zero-order valence-electron chi connectivity index (χ0n) is 12.7. The number of nitrogens with two attached hydrogens (primary N) is 1. The molecule has 1 heterocycles. The number of nitrogens with one attached hydrogen (secondary N) is 1. The second-order valence-corrected chi connectivity index (χ2v) is 5.72. The maximum Gasteiger partial charge on any atom is 0.223 e. The smallest absolute Gasteiger partial charge is 0.223 e. The molecule has 0 aliphatic carbocycles. The second kappa shape index (κ2) is 8.92. The SMILES string of the molecule is CN(C)CCCNC(=O)CCC(=O)N1CCC(N)CC1. The van der Waals surface area contributed by atoms with Crippen LogP contribution < -0.4 is 11.1 Å². The van der Waals surface area contributed by atoms with Gasteiger partial charge in [0, 0.05) is 38.5 Å². The van der Waals surface area contributed by atoms with Gasteiger partial charge in [0.2, 0.25) is 11.8 Å². The van der Waals surface area contributed by atoms with Gasteiger partial charge in [0.1, 0.15) is 0 Å². The van der Waals surface area contributed by atoms with Crippen LogP contribution in [0.1, 0.15) is 32.1 Å². The normalized spacial score (nSPS) is 16.5. The minimum absolute atomic E-state index is 0.0363. The van der Waals surface area contributed by atoms with Crippen LogP contribution in [0.25, 0.3) is 0 Å². The van der Waals surface area contributed by atoms with Gasteiger partial charge in [-0.25, -0.2) is 0 Å². The van der Waals surface area contributed by atoms with Gasteiger partial charge in [-0.05, 0) is 39.9 Å². The molecule has 3 N–H and O–H groups in total. The summed E-state index contributed by atoms with van der Waals surface area (Å²) in [4.78, 5) is 27.4. The molecule has 20 heavy (non-hydrogen) atoms. The molecule has 0 bridgehead atoms. The summed E-state index contributed by atoms with van der Waals surface area (Å²) >= 11 is 0. The van der Waals surface area contributed by atoms with Crippen molar-refractivity contribution < 1.29 is 9.59 Å². The minimum Gasteiger partial charge on any atom is -0.356 e. The van der Waals surface area contributed by atoms with E-state index in [4.69, 9.17) is 5.73 Å². The van der Waals surface area contributed by atoms with E-state index in [1.165, 1.54) is 0 Å². The molecular weight excluding hydrogens is 256 g/mol. The summed E-state index contributed by atoms with van der Waals surface area (Å²) in [7, 11) is 4.01. The number of amides is 2. The fraction of sp³-hybridized carbons (Fsp3) is 0.857. The van der Waals surface area contributed by atoms with Crippen LogP contribution in [0.15, 0.2) is 0 Å². The molecule has 1 aliphatic rings. The van der Waals surface area contributed by atoms with Gasteiger partial charge in [-0.15, -0.1) is 0 Å². The maximum atomic E-state index is 11.9. The summed E-state index contributed by atoms with van der Waals surface area (Å²) in [5.74, 6) is 0.0335. The van der Waals surface area contributed by atoms with Crippen molar-refractivity contribution in [2.45, 2.75) is 38.1 Å². The molecule has 6 nitrogen and oxygen atoms in total. The van der Waals surface area contributed by atoms with Gasteiger partial charge in [-0.3, -0.25) is 9.59 Å². The Labute approximate surface area is 121 Å². The van der Waals surface area contributed by atoms with E-state index in [9.17, 15) is 9.59 Å². The number of rotatable bonds is 7. The fourth-order valence-electron chi connectivity index (χ4n) is 2.24. The standard InChI is InChI=1S/C14H28N4O2/c1-17(2)9-3-8-16-13(19)4-5-14(20)18-10-6-12(15)7-11-18/h12H,3-11,15H2,1-2H3,(H,16,19). The molecule has 2 amide bonds. The van der Waals surface area contributed by atoms with Gasteiger partial charge in [-0.1, -0.05) is 0 Å². The first kappa shape index (κ1) is 16.9. The van der Waals surface area contributed by atoms with Crippen molar-refractivity contribution in [1.29, 1.82) is 0 Å². The average Bonchev–Trinajstić information content (AvgIpc) is 2.41. The lowest BCUT2D eigenvalue weighted by Gasteiger charge is -2.30. The summed E-state index contributed by atoms with van der Waals surface area (Å²) in [5.41, 5.74) is 5.80. The van der Waals surface area contributed by atoms with Gasteiger partial charge in [0.05, 0.1) is 0 Å². The fourth-order valence-corrected chi connectivity index (χ4v) is 2.24. The van der Waals surface area contributed by atoms with Crippen molar-refractivity contribution in [2.75, 3.05) is 40.3 Å². The molecular formula is C14H28N4O2. The van der Waals surface area contributed by atoms with E-state index in [0.717, 1.165) is 38.9 Å². The highest BCUT2D eigenvalue weighted by Crippen LogP contribution is 2.10. The Bertz CT molecular complexity index is 312. The van der Waals surface area contributed by atoms with Crippen molar-refractivity contribution in [3.8, 4) is 0 Å². The third-order valence-corrected chi connectivity index (χ3v) is 3.56. The maximum absolute atomic E-state index is 11.9. The zero-order valence-corrected chi connectivity index (χ0v) is 12.7. The van der Waals surface area contributed by atoms with E-state index in [2.05, 4.69) is 10.2 Å². The van der Waals surface area contributed by atoms with Crippen LogP contribution >= 0.6 is 0 Å². The zero-order chi connectivity index (χ0) is 15.0. The van der Waals surface area contributed by atoms with Crippen LogP contribution in [0.2, 0.25) is 0 Å². The molecule has 0 saturated carbocycles. The number of carbonyl (C=O) groups is 2. The Kier molecular flexibility index (Phi) is 7.54. The molecule has 0 aromatic rings. The number of nitrogens with zero attached hydrogens (tertiary/aromatic N) is 2. The Morgan fingerprint density at radius 1 is 1.25 bits per heavy atom. The van der Waals surface area contributed by atoms with Crippen molar-refractivity contribution in [3.05, 3.63) is 0 Å². The number of hydrogen-bond acceptors (Lipinski definition) is 4. The molecule has 1 saturated heterocycles. The Morgan fingerprint density at radius 3 is 2.50 bits per heavy atom. The van der Waals surface area contributed by atoms with E-state index >= 15 is 0 Å². The largest absolute Gasteiger partial charge is 0.356 e.